The largest absolute Gasteiger partial charge is 0.444 e. The topological polar surface area (TPSA) is 148 Å². The van der Waals surface area contributed by atoms with Crippen LogP contribution in [-0.4, -0.2) is 64.8 Å². The first kappa shape index (κ1) is 29.1. The van der Waals surface area contributed by atoms with Crippen LogP contribution >= 0.6 is 0 Å². The number of Topliss-reactive ketones (excluding diaryl/α,β-unsaturated/α-hetero) is 1. The molecule has 4 amide bonds. The number of fused-ring (bicyclic) bond motifs is 2. The van der Waals surface area contributed by atoms with Crippen LogP contribution in [0.5, 0.6) is 0 Å². The second kappa shape index (κ2) is 10.4. The summed E-state index contributed by atoms with van der Waals surface area (Å²) in [5.41, 5.74) is 6.66. The zero-order valence-corrected chi connectivity index (χ0v) is 24.6. The van der Waals surface area contributed by atoms with Gasteiger partial charge in [-0.1, -0.05) is 51.0 Å². The van der Waals surface area contributed by atoms with Crippen molar-refractivity contribution in [2.24, 2.45) is 34.8 Å². The smallest absolute Gasteiger partial charge is 0.408 e. The zero-order chi connectivity index (χ0) is 29.9. The van der Waals surface area contributed by atoms with Gasteiger partial charge in [0.2, 0.25) is 17.6 Å². The molecule has 1 unspecified atom stereocenters. The van der Waals surface area contributed by atoms with Crippen molar-refractivity contribution in [2.75, 3.05) is 6.54 Å². The van der Waals surface area contributed by atoms with Gasteiger partial charge in [0.05, 0.1) is 6.04 Å². The number of rotatable bonds is 9. The highest BCUT2D eigenvalue weighted by atomic mass is 16.6. The average Bonchev–Trinajstić information content (AvgIpc) is 3.63. The molecule has 1 aliphatic heterocycles. The van der Waals surface area contributed by atoms with E-state index < -0.39 is 47.4 Å². The molecule has 3 aliphatic carbocycles. The van der Waals surface area contributed by atoms with Gasteiger partial charge >= 0.3 is 6.09 Å². The number of piperidine rings is 1. The molecule has 2 saturated carbocycles. The molecule has 10 nitrogen and oxygen atoms in total. The molecule has 5 rings (SSSR count). The van der Waals surface area contributed by atoms with E-state index in [-0.39, 0.29) is 35.0 Å². The molecule has 0 spiro atoms. The van der Waals surface area contributed by atoms with Crippen LogP contribution in [-0.2, 0) is 36.8 Å². The van der Waals surface area contributed by atoms with Crippen molar-refractivity contribution >= 4 is 29.6 Å². The first-order valence-electron chi connectivity index (χ1n) is 14.7. The number of primary amides is 1. The number of ketones is 1. The first-order valence-corrected chi connectivity index (χ1v) is 14.7. The Hall–Kier alpha value is -3.43. The third kappa shape index (κ3) is 5.97. The molecule has 5 atom stereocenters. The van der Waals surface area contributed by atoms with Gasteiger partial charge in [-0.2, -0.15) is 0 Å². The van der Waals surface area contributed by atoms with Gasteiger partial charge in [-0.15, -0.1) is 0 Å². The zero-order valence-electron chi connectivity index (χ0n) is 24.6. The van der Waals surface area contributed by atoms with Crippen molar-refractivity contribution < 1.29 is 28.7 Å². The minimum Gasteiger partial charge on any atom is -0.444 e. The number of ether oxygens (including phenoxy) is 1. The number of nitrogens with two attached hydrogens (primary N) is 1. The van der Waals surface area contributed by atoms with Gasteiger partial charge in [-0.3, -0.25) is 19.2 Å². The molecule has 0 bridgehead atoms. The first-order chi connectivity index (χ1) is 19.2. The number of likely N-dealkylation sites (tertiary alicyclic amines) is 1. The van der Waals surface area contributed by atoms with E-state index >= 15 is 0 Å². The summed E-state index contributed by atoms with van der Waals surface area (Å²) in [5, 5.41) is 5.64. The van der Waals surface area contributed by atoms with Gasteiger partial charge in [0.25, 0.3) is 5.91 Å². The molecule has 3 fully saturated rings. The molecule has 1 aromatic rings. The maximum atomic E-state index is 14.3. The van der Waals surface area contributed by atoms with Gasteiger partial charge in [0.1, 0.15) is 17.7 Å². The molecule has 0 aromatic heterocycles. The highest BCUT2D eigenvalue weighted by molar-refractivity contribution is 6.37. The van der Waals surface area contributed by atoms with Gasteiger partial charge in [0, 0.05) is 6.54 Å². The standard InChI is InChI=1S/C31H42N4O6/c1-30(2,3)41-29(40)34-23(19-13-17-8-6-7-9-18(17)14-19)28(39)35-15-20-22(31(20,4)5)24(35)27(38)33-21(12-16-10-11-16)25(36)26(32)37/h6-9,16,19-24H,10-15H2,1-5H3,(H2,32,37)(H,33,38)(H,34,40)/t20-,21?,22-,23-,24-/m0/s1. The lowest BCUT2D eigenvalue weighted by atomic mass is 9.93. The van der Waals surface area contributed by atoms with E-state index in [0.717, 1.165) is 24.0 Å². The number of carbonyl (C=O) groups excluding carboxylic acids is 5. The molecule has 0 radical (unpaired) electrons. The molecule has 4 N–H and O–H groups in total. The van der Waals surface area contributed by atoms with Crippen LogP contribution in [0.2, 0.25) is 0 Å². The van der Waals surface area contributed by atoms with Crippen molar-refractivity contribution in [2.45, 2.75) is 90.4 Å². The minimum absolute atomic E-state index is 0.0975. The number of hydrogen-bond acceptors (Lipinski definition) is 6. The van der Waals surface area contributed by atoms with E-state index in [1.807, 2.05) is 24.3 Å². The molecule has 41 heavy (non-hydrogen) atoms. The molecular formula is C31H42N4O6. The van der Waals surface area contributed by atoms with Gasteiger partial charge in [0.15, 0.2) is 0 Å². The number of carbonyl (C=O) groups is 5. The second-order valence-electron chi connectivity index (χ2n) is 13.9. The lowest BCUT2D eigenvalue weighted by Crippen LogP contribution is -2.59. The Bertz CT molecular complexity index is 1240. The average molecular weight is 567 g/mol. The van der Waals surface area contributed by atoms with Crippen molar-refractivity contribution in [3.05, 3.63) is 35.4 Å². The number of amides is 4. The summed E-state index contributed by atoms with van der Waals surface area (Å²) in [6.45, 7) is 9.80. The van der Waals surface area contributed by atoms with Crippen LogP contribution in [0.1, 0.15) is 65.0 Å². The predicted octanol–water partition coefficient (Wildman–Crippen LogP) is 2.12. The third-order valence-electron chi connectivity index (χ3n) is 9.39. The second-order valence-corrected chi connectivity index (χ2v) is 13.9. The SMILES string of the molecule is CC(C)(C)OC(=O)N[C@H](C(=O)N1C[C@H]2[C@@H]([C@H]1C(=O)NC(CC1CC1)C(=O)C(N)=O)C2(C)C)C1Cc2ccccc2C1. The summed E-state index contributed by atoms with van der Waals surface area (Å²) >= 11 is 0. The van der Waals surface area contributed by atoms with Gasteiger partial charge in [-0.25, -0.2) is 4.79 Å². The van der Waals surface area contributed by atoms with Crippen LogP contribution in [0, 0.1) is 29.1 Å². The van der Waals surface area contributed by atoms with E-state index in [0.29, 0.717) is 25.8 Å². The fourth-order valence-electron chi connectivity index (χ4n) is 6.98. The number of nitrogens with zero attached hydrogens (tertiary/aromatic N) is 1. The van der Waals surface area contributed by atoms with Crippen molar-refractivity contribution in [3.8, 4) is 0 Å². The molecule has 4 aliphatic rings. The summed E-state index contributed by atoms with van der Waals surface area (Å²) in [5.74, 6) is -2.62. The lowest BCUT2D eigenvalue weighted by molar-refractivity contribution is -0.144. The number of alkyl carbamates (subject to hydrolysis) is 1. The number of benzene rings is 1. The van der Waals surface area contributed by atoms with Crippen LogP contribution in [0.25, 0.3) is 0 Å². The maximum absolute atomic E-state index is 14.3. The Morgan fingerprint density at radius 3 is 2.20 bits per heavy atom. The van der Waals surface area contributed by atoms with E-state index in [1.54, 1.807) is 25.7 Å². The van der Waals surface area contributed by atoms with E-state index in [2.05, 4.69) is 24.5 Å². The predicted molar refractivity (Wildman–Crippen MR) is 150 cm³/mol. The van der Waals surface area contributed by atoms with Crippen LogP contribution < -0.4 is 16.4 Å². The fraction of sp³-hybridized carbons (Fsp3) is 0.645. The highest BCUT2D eigenvalue weighted by Crippen LogP contribution is 2.65. The summed E-state index contributed by atoms with van der Waals surface area (Å²) in [6, 6.07) is 5.25. The fourth-order valence-corrected chi connectivity index (χ4v) is 6.98. The number of nitrogens with one attached hydrogen (secondary N) is 2. The van der Waals surface area contributed by atoms with Crippen LogP contribution in [0.15, 0.2) is 24.3 Å². The Balaban J connectivity index is 1.39. The highest BCUT2D eigenvalue weighted by Gasteiger charge is 2.70. The maximum Gasteiger partial charge on any atom is 0.408 e. The Morgan fingerprint density at radius 2 is 1.66 bits per heavy atom. The van der Waals surface area contributed by atoms with Gasteiger partial charge < -0.3 is 26.0 Å². The minimum atomic E-state index is -1.08. The Morgan fingerprint density at radius 1 is 1.05 bits per heavy atom. The summed E-state index contributed by atoms with van der Waals surface area (Å²) in [6.07, 6.45) is 2.77. The molecule has 1 saturated heterocycles. The van der Waals surface area contributed by atoms with Crippen molar-refractivity contribution in [1.82, 2.24) is 15.5 Å². The Labute approximate surface area is 241 Å². The molecular weight excluding hydrogens is 524 g/mol. The van der Waals surface area contributed by atoms with E-state index in [1.165, 1.54) is 0 Å². The summed E-state index contributed by atoms with van der Waals surface area (Å²) < 4.78 is 5.52. The summed E-state index contributed by atoms with van der Waals surface area (Å²) in [4.78, 5) is 67.0. The van der Waals surface area contributed by atoms with E-state index in [4.69, 9.17) is 10.5 Å². The Kier molecular flexibility index (Phi) is 7.40. The molecule has 1 aromatic carbocycles. The summed E-state index contributed by atoms with van der Waals surface area (Å²) in [7, 11) is 0. The molecule has 1 heterocycles. The van der Waals surface area contributed by atoms with Gasteiger partial charge in [-0.05, 0) is 80.2 Å². The third-order valence-corrected chi connectivity index (χ3v) is 9.39. The van der Waals surface area contributed by atoms with Crippen LogP contribution in [0.3, 0.4) is 0 Å². The monoisotopic (exact) mass is 566 g/mol. The normalized spacial score (nSPS) is 25.9. The lowest BCUT2D eigenvalue weighted by Gasteiger charge is -2.35. The quantitative estimate of drug-likeness (QED) is 0.390. The van der Waals surface area contributed by atoms with Crippen LogP contribution in [0.4, 0.5) is 4.79 Å². The van der Waals surface area contributed by atoms with E-state index in [9.17, 15) is 24.0 Å². The molecule has 222 valence electrons. The molecule has 10 heteroatoms. The van der Waals surface area contributed by atoms with Crippen molar-refractivity contribution in [3.63, 3.8) is 0 Å². The van der Waals surface area contributed by atoms with Crippen molar-refractivity contribution in [1.29, 1.82) is 0 Å². The number of hydrogen-bond donors (Lipinski definition) is 3.